The number of hydrogen-bond donors (Lipinski definition) is 0. The Labute approximate surface area is 81.0 Å². The fourth-order valence-corrected chi connectivity index (χ4v) is 2.22. The first-order chi connectivity index (χ1) is 6.40. The van der Waals surface area contributed by atoms with Gasteiger partial charge in [-0.15, -0.1) is 0 Å². The molecule has 0 saturated heterocycles. The molecule has 69 valence electrons. The minimum atomic E-state index is 0.846. The van der Waals surface area contributed by atoms with Crippen LogP contribution in [0.25, 0.3) is 0 Å². The van der Waals surface area contributed by atoms with Gasteiger partial charge in [0.15, 0.2) is 0 Å². The van der Waals surface area contributed by atoms with E-state index in [0.29, 0.717) is 0 Å². The molecular formula is C13H17. The average molecular weight is 173 g/mol. The van der Waals surface area contributed by atoms with Crippen molar-refractivity contribution in [2.45, 2.75) is 38.0 Å². The summed E-state index contributed by atoms with van der Waals surface area (Å²) < 4.78 is 0. The summed E-state index contributed by atoms with van der Waals surface area (Å²) in [6.07, 6.45) is 6.53. The van der Waals surface area contributed by atoms with E-state index in [1.54, 1.807) is 0 Å². The molecule has 2 rings (SSSR count). The van der Waals surface area contributed by atoms with Crippen LogP contribution in [0.1, 0.15) is 42.7 Å². The summed E-state index contributed by atoms with van der Waals surface area (Å²) >= 11 is 0. The third-order valence-corrected chi connectivity index (χ3v) is 3.09. The van der Waals surface area contributed by atoms with Gasteiger partial charge >= 0.3 is 0 Å². The Bertz CT molecular complexity index is 252. The molecular weight excluding hydrogens is 156 g/mol. The second-order valence-corrected chi connectivity index (χ2v) is 3.97. The Morgan fingerprint density at radius 1 is 1.08 bits per heavy atom. The molecule has 0 heteroatoms. The summed E-state index contributed by atoms with van der Waals surface area (Å²) in [4.78, 5) is 0. The maximum atomic E-state index is 3.88. The molecule has 0 atom stereocenters. The van der Waals surface area contributed by atoms with E-state index >= 15 is 0 Å². The molecule has 0 N–H and O–H groups in total. The quantitative estimate of drug-likeness (QED) is 0.639. The van der Waals surface area contributed by atoms with Gasteiger partial charge in [0.1, 0.15) is 0 Å². The molecule has 1 aromatic carbocycles. The fraction of sp³-hybridized carbons (Fsp3) is 0.462. The van der Waals surface area contributed by atoms with E-state index in [0.717, 1.165) is 12.3 Å². The van der Waals surface area contributed by atoms with Crippen molar-refractivity contribution in [3.63, 3.8) is 0 Å². The molecule has 1 fully saturated rings. The van der Waals surface area contributed by atoms with E-state index in [9.17, 15) is 0 Å². The van der Waals surface area contributed by atoms with Crippen LogP contribution in [0.15, 0.2) is 24.3 Å². The maximum absolute atomic E-state index is 3.88. The van der Waals surface area contributed by atoms with Crippen LogP contribution in [0.3, 0.4) is 0 Å². The Kier molecular flexibility index (Phi) is 2.68. The fourth-order valence-electron chi connectivity index (χ4n) is 2.22. The van der Waals surface area contributed by atoms with Crippen LogP contribution in [0.4, 0.5) is 0 Å². The SMILES string of the molecule is [CH2]Cc1ccc(C2CCCC2)cc1. The van der Waals surface area contributed by atoms with Crippen LogP contribution >= 0.6 is 0 Å². The summed E-state index contributed by atoms with van der Waals surface area (Å²) in [7, 11) is 0. The Morgan fingerprint density at radius 3 is 2.23 bits per heavy atom. The maximum Gasteiger partial charge on any atom is -0.0162 e. The molecule has 1 radical (unpaired) electrons. The Morgan fingerprint density at radius 2 is 1.69 bits per heavy atom. The Hall–Kier alpha value is -0.780. The number of rotatable bonds is 2. The largest absolute Gasteiger partial charge is 0.0588 e. The van der Waals surface area contributed by atoms with Gasteiger partial charge in [-0.2, -0.15) is 0 Å². The molecule has 0 aliphatic heterocycles. The van der Waals surface area contributed by atoms with Gasteiger partial charge in [0.05, 0.1) is 0 Å². The van der Waals surface area contributed by atoms with Crippen molar-refractivity contribution in [2.24, 2.45) is 0 Å². The van der Waals surface area contributed by atoms with Gasteiger partial charge in [-0.25, -0.2) is 0 Å². The monoisotopic (exact) mass is 173 g/mol. The van der Waals surface area contributed by atoms with Gasteiger partial charge in [-0.05, 0) is 43.2 Å². The van der Waals surface area contributed by atoms with Crippen molar-refractivity contribution in [3.8, 4) is 0 Å². The molecule has 1 aliphatic carbocycles. The first-order valence-corrected chi connectivity index (χ1v) is 5.28. The summed E-state index contributed by atoms with van der Waals surface area (Å²) in [5.41, 5.74) is 2.89. The van der Waals surface area contributed by atoms with Crippen molar-refractivity contribution in [1.29, 1.82) is 0 Å². The van der Waals surface area contributed by atoms with Crippen LogP contribution in [0.5, 0.6) is 0 Å². The third-order valence-electron chi connectivity index (χ3n) is 3.09. The highest BCUT2D eigenvalue weighted by Gasteiger charge is 2.16. The van der Waals surface area contributed by atoms with Crippen LogP contribution in [-0.2, 0) is 6.42 Å². The van der Waals surface area contributed by atoms with Crippen LogP contribution in [0.2, 0.25) is 0 Å². The molecule has 0 bridgehead atoms. The highest BCUT2D eigenvalue weighted by Crippen LogP contribution is 2.33. The van der Waals surface area contributed by atoms with E-state index in [1.165, 1.54) is 36.8 Å². The Balaban J connectivity index is 2.12. The van der Waals surface area contributed by atoms with E-state index < -0.39 is 0 Å². The van der Waals surface area contributed by atoms with Gasteiger partial charge < -0.3 is 0 Å². The second-order valence-electron chi connectivity index (χ2n) is 3.97. The summed E-state index contributed by atoms with van der Waals surface area (Å²) in [5.74, 6) is 0.846. The van der Waals surface area contributed by atoms with Crippen LogP contribution in [-0.4, -0.2) is 0 Å². The molecule has 0 spiro atoms. The summed E-state index contributed by atoms with van der Waals surface area (Å²) in [5, 5.41) is 0. The highest BCUT2D eigenvalue weighted by molar-refractivity contribution is 5.26. The smallest absolute Gasteiger partial charge is 0.0162 e. The van der Waals surface area contributed by atoms with Crippen molar-refractivity contribution in [2.75, 3.05) is 0 Å². The molecule has 1 aliphatic rings. The predicted octanol–water partition coefficient (Wildman–Crippen LogP) is 3.72. The summed E-state index contributed by atoms with van der Waals surface area (Å²) in [6.45, 7) is 3.88. The number of hydrogen-bond acceptors (Lipinski definition) is 0. The van der Waals surface area contributed by atoms with Gasteiger partial charge in [0.25, 0.3) is 0 Å². The van der Waals surface area contributed by atoms with Gasteiger partial charge in [0.2, 0.25) is 0 Å². The average Bonchev–Trinajstić information content (AvgIpc) is 2.71. The zero-order valence-corrected chi connectivity index (χ0v) is 8.13. The number of benzene rings is 1. The van der Waals surface area contributed by atoms with Crippen molar-refractivity contribution < 1.29 is 0 Å². The van der Waals surface area contributed by atoms with E-state index in [-0.39, 0.29) is 0 Å². The molecule has 1 aromatic rings. The lowest BCUT2D eigenvalue weighted by Gasteiger charge is -2.09. The van der Waals surface area contributed by atoms with Crippen molar-refractivity contribution >= 4 is 0 Å². The molecule has 1 saturated carbocycles. The van der Waals surface area contributed by atoms with Gasteiger partial charge in [0, 0.05) is 0 Å². The topological polar surface area (TPSA) is 0 Å². The minimum Gasteiger partial charge on any atom is -0.0588 e. The zero-order valence-electron chi connectivity index (χ0n) is 8.13. The third kappa shape index (κ3) is 1.93. The van der Waals surface area contributed by atoms with Crippen molar-refractivity contribution in [1.82, 2.24) is 0 Å². The molecule has 13 heavy (non-hydrogen) atoms. The standard InChI is InChI=1S/C13H17/c1-2-11-7-9-13(10-8-11)12-5-3-4-6-12/h7-10,12H,1-6H2. The molecule has 0 aromatic heterocycles. The van der Waals surface area contributed by atoms with Crippen LogP contribution < -0.4 is 0 Å². The van der Waals surface area contributed by atoms with Crippen molar-refractivity contribution in [3.05, 3.63) is 42.3 Å². The van der Waals surface area contributed by atoms with Gasteiger partial charge in [-0.3, -0.25) is 0 Å². The lowest BCUT2D eigenvalue weighted by Crippen LogP contribution is -1.92. The lowest BCUT2D eigenvalue weighted by atomic mass is 9.96. The first-order valence-electron chi connectivity index (χ1n) is 5.28. The van der Waals surface area contributed by atoms with E-state index in [4.69, 9.17) is 0 Å². The normalized spacial score (nSPS) is 17.9. The minimum absolute atomic E-state index is 0.846. The molecule has 0 heterocycles. The van der Waals surface area contributed by atoms with E-state index in [2.05, 4.69) is 31.2 Å². The summed E-state index contributed by atoms with van der Waals surface area (Å²) in [6, 6.07) is 9.02. The zero-order chi connectivity index (χ0) is 9.10. The molecule has 0 unspecified atom stereocenters. The highest BCUT2D eigenvalue weighted by atomic mass is 14.2. The molecule has 0 amide bonds. The predicted molar refractivity (Wildman–Crippen MR) is 56.7 cm³/mol. The molecule has 0 nitrogen and oxygen atoms in total. The van der Waals surface area contributed by atoms with E-state index in [1.807, 2.05) is 0 Å². The van der Waals surface area contributed by atoms with Crippen LogP contribution in [0, 0.1) is 6.92 Å². The lowest BCUT2D eigenvalue weighted by molar-refractivity contribution is 0.723. The first kappa shape index (κ1) is 8.80. The second kappa shape index (κ2) is 3.95. The van der Waals surface area contributed by atoms with Gasteiger partial charge in [-0.1, -0.05) is 37.1 Å².